The molecular weight excluding hydrogens is 404 g/mol. The minimum atomic E-state index is -3.97. The molecule has 0 fully saturated rings. The summed E-state index contributed by atoms with van der Waals surface area (Å²) in [5.41, 5.74) is 3.58. The van der Waals surface area contributed by atoms with Crippen LogP contribution in [0.4, 0.5) is 5.69 Å². The van der Waals surface area contributed by atoms with Crippen molar-refractivity contribution in [1.29, 1.82) is 0 Å². The van der Waals surface area contributed by atoms with E-state index in [2.05, 4.69) is 20.2 Å². The lowest BCUT2D eigenvalue weighted by molar-refractivity contribution is -0.117. The molecule has 8 nitrogen and oxygen atoms in total. The van der Waals surface area contributed by atoms with Crippen molar-refractivity contribution in [2.45, 2.75) is 45.6 Å². The van der Waals surface area contributed by atoms with Gasteiger partial charge in [0.1, 0.15) is 0 Å². The number of anilines is 1. The van der Waals surface area contributed by atoms with Crippen LogP contribution in [0.3, 0.4) is 0 Å². The van der Waals surface area contributed by atoms with Gasteiger partial charge in [-0.05, 0) is 56.5 Å². The second kappa shape index (κ2) is 8.37. The summed E-state index contributed by atoms with van der Waals surface area (Å²) >= 11 is 0. The molecule has 0 aliphatic carbocycles. The van der Waals surface area contributed by atoms with Crippen molar-refractivity contribution in [3.8, 4) is 11.4 Å². The lowest BCUT2D eigenvalue weighted by Gasteiger charge is -2.17. The summed E-state index contributed by atoms with van der Waals surface area (Å²) in [6, 6.07) is 9.55. The number of carbonyl (C=O) groups excluding carboxylic acids is 1. The van der Waals surface area contributed by atoms with Gasteiger partial charge in [0.2, 0.25) is 27.6 Å². The maximum absolute atomic E-state index is 13.0. The topological polar surface area (TPSA) is 114 Å². The monoisotopic (exact) mass is 428 g/mol. The molecule has 0 radical (unpaired) electrons. The van der Waals surface area contributed by atoms with Crippen LogP contribution in [-0.4, -0.2) is 30.5 Å². The number of rotatable bonds is 6. The Morgan fingerprint density at radius 1 is 1.03 bits per heavy atom. The van der Waals surface area contributed by atoms with E-state index < -0.39 is 22.0 Å². The van der Waals surface area contributed by atoms with Gasteiger partial charge in [0.15, 0.2) is 0 Å². The van der Waals surface area contributed by atoms with E-state index in [-0.39, 0.29) is 4.90 Å². The Labute approximate surface area is 175 Å². The number of aromatic nitrogens is 2. The maximum atomic E-state index is 13.0. The molecule has 2 aromatic carbocycles. The summed E-state index contributed by atoms with van der Waals surface area (Å²) < 4.78 is 33.4. The first kappa shape index (κ1) is 21.7. The van der Waals surface area contributed by atoms with Crippen molar-refractivity contribution in [1.82, 2.24) is 14.9 Å². The van der Waals surface area contributed by atoms with Crippen LogP contribution in [-0.2, 0) is 14.8 Å². The zero-order valence-electron chi connectivity index (χ0n) is 17.5. The smallest absolute Gasteiger partial charge is 0.242 e. The first-order valence-corrected chi connectivity index (χ1v) is 10.9. The van der Waals surface area contributed by atoms with Crippen LogP contribution in [0.5, 0.6) is 0 Å². The van der Waals surface area contributed by atoms with Gasteiger partial charge in [-0.3, -0.25) is 4.79 Å². The highest BCUT2D eigenvalue weighted by atomic mass is 32.2. The van der Waals surface area contributed by atoms with Gasteiger partial charge in [0.05, 0.1) is 10.9 Å². The Kier molecular flexibility index (Phi) is 6.04. The van der Waals surface area contributed by atoms with E-state index in [0.717, 1.165) is 11.1 Å². The normalized spacial score (nSPS) is 12.6. The zero-order chi connectivity index (χ0) is 22.1. The molecule has 9 heteroatoms. The molecule has 0 aliphatic heterocycles. The van der Waals surface area contributed by atoms with Crippen LogP contribution in [0, 0.1) is 27.7 Å². The fourth-order valence-electron chi connectivity index (χ4n) is 2.91. The predicted octanol–water partition coefficient (Wildman–Crippen LogP) is 3.28. The molecule has 0 bridgehead atoms. The van der Waals surface area contributed by atoms with Crippen molar-refractivity contribution in [3.63, 3.8) is 0 Å². The molecule has 1 heterocycles. The molecule has 30 heavy (non-hydrogen) atoms. The molecule has 2 N–H and O–H groups in total. The minimum Gasteiger partial charge on any atom is -0.339 e. The number of nitrogens with zero attached hydrogens (tertiary/aromatic N) is 2. The molecule has 0 aliphatic rings. The second-order valence-electron chi connectivity index (χ2n) is 7.27. The van der Waals surface area contributed by atoms with Gasteiger partial charge >= 0.3 is 0 Å². The Hall–Kier alpha value is -3.04. The van der Waals surface area contributed by atoms with Crippen molar-refractivity contribution in [2.75, 3.05) is 5.32 Å². The number of amides is 1. The molecule has 0 spiro atoms. The number of carbonyl (C=O) groups is 1. The average Bonchev–Trinajstić information content (AvgIpc) is 3.11. The highest BCUT2D eigenvalue weighted by Crippen LogP contribution is 2.24. The average molecular weight is 429 g/mol. The summed E-state index contributed by atoms with van der Waals surface area (Å²) in [4.78, 5) is 16.8. The summed E-state index contributed by atoms with van der Waals surface area (Å²) in [5.74, 6) is 0.226. The molecule has 0 saturated heterocycles. The Balaban J connectivity index is 1.81. The first-order valence-electron chi connectivity index (χ1n) is 9.38. The SMILES string of the molecule is Cc1ccc(C)c(NC(=O)C(C)NS(=O)(=O)c2cc(-c3noc(C)n3)ccc2C)c1. The quantitative estimate of drug-likeness (QED) is 0.623. The highest BCUT2D eigenvalue weighted by molar-refractivity contribution is 7.89. The lowest BCUT2D eigenvalue weighted by Crippen LogP contribution is -2.41. The second-order valence-corrected chi connectivity index (χ2v) is 8.95. The van der Waals surface area contributed by atoms with Crippen LogP contribution < -0.4 is 10.0 Å². The Morgan fingerprint density at radius 3 is 2.40 bits per heavy atom. The van der Waals surface area contributed by atoms with Crippen molar-refractivity contribution in [2.24, 2.45) is 0 Å². The van der Waals surface area contributed by atoms with Crippen molar-refractivity contribution >= 4 is 21.6 Å². The van der Waals surface area contributed by atoms with Crippen LogP contribution in [0.1, 0.15) is 29.5 Å². The lowest BCUT2D eigenvalue weighted by atomic mass is 10.1. The molecule has 158 valence electrons. The fraction of sp³-hybridized carbons (Fsp3) is 0.286. The van der Waals surface area contributed by atoms with E-state index in [1.165, 1.54) is 13.0 Å². The molecule has 1 aromatic heterocycles. The largest absolute Gasteiger partial charge is 0.339 e. The van der Waals surface area contributed by atoms with Gasteiger partial charge in [-0.15, -0.1) is 0 Å². The number of benzene rings is 2. The molecule has 1 amide bonds. The number of hydrogen-bond acceptors (Lipinski definition) is 6. The Bertz CT molecular complexity index is 1200. The fourth-order valence-corrected chi connectivity index (χ4v) is 4.38. The van der Waals surface area contributed by atoms with Crippen LogP contribution in [0.25, 0.3) is 11.4 Å². The molecule has 3 aromatic rings. The molecule has 1 atom stereocenters. The van der Waals surface area contributed by atoms with Crippen LogP contribution >= 0.6 is 0 Å². The Morgan fingerprint density at radius 2 is 1.73 bits per heavy atom. The zero-order valence-corrected chi connectivity index (χ0v) is 18.3. The summed E-state index contributed by atoms with van der Waals surface area (Å²) in [7, 11) is -3.97. The van der Waals surface area contributed by atoms with Crippen LogP contribution in [0.15, 0.2) is 45.8 Å². The van der Waals surface area contributed by atoms with E-state index in [1.807, 2.05) is 32.0 Å². The van der Waals surface area contributed by atoms with Gasteiger partial charge in [0, 0.05) is 18.2 Å². The van der Waals surface area contributed by atoms with Crippen LogP contribution in [0.2, 0.25) is 0 Å². The third-order valence-electron chi connectivity index (χ3n) is 4.64. The summed E-state index contributed by atoms with van der Waals surface area (Å²) in [6.45, 7) is 8.63. The third-order valence-corrected chi connectivity index (χ3v) is 6.32. The van der Waals surface area contributed by atoms with E-state index in [0.29, 0.717) is 28.5 Å². The van der Waals surface area contributed by atoms with E-state index in [9.17, 15) is 13.2 Å². The standard InChI is InChI=1S/C21H24N4O4S/c1-12-6-7-13(2)18(10-12)23-21(26)15(4)25-30(27,28)19-11-17(9-8-14(19)3)20-22-16(5)29-24-20/h6-11,15,25H,1-5H3,(H,23,26). The van der Waals surface area contributed by atoms with E-state index in [4.69, 9.17) is 4.52 Å². The number of hydrogen-bond donors (Lipinski definition) is 2. The first-order chi connectivity index (χ1) is 14.1. The molecule has 3 rings (SSSR count). The van der Waals surface area contributed by atoms with Crippen molar-refractivity contribution < 1.29 is 17.7 Å². The van der Waals surface area contributed by atoms with Gasteiger partial charge in [-0.25, -0.2) is 8.42 Å². The van der Waals surface area contributed by atoms with Crippen molar-refractivity contribution in [3.05, 3.63) is 59.0 Å². The summed E-state index contributed by atoms with van der Waals surface area (Å²) in [5, 5.41) is 6.61. The molecular formula is C21H24N4O4S. The predicted molar refractivity (Wildman–Crippen MR) is 114 cm³/mol. The number of sulfonamides is 1. The minimum absolute atomic E-state index is 0.0499. The molecule has 1 unspecified atom stereocenters. The summed E-state index contributed by atoms with van der Waals surface area (Å²) in [6.07, 6.45) is 0. The number of nitrogens with one attached hydrogen (secondary N) is 2. The molecule has 0 saturated carbocycles. The van der Waals surface area contributed by atoms with Gasteiger partial charge < -0.3 is 9.84 Å². The third kappa shape index (κ3) is 4.74. The highest BCUT2D eigenvalue weighted by Gasteiger charge is 2.25. The van der Waals surface area contributed by atoms with E-state index in [1.54, 1.807) is 26.0 Å². The van der Waals surface area contributed by atoms with Gasteiger partial charge in [-0.1, -0.05) is 29.4 Å². The number of aryl methyl sites for hydroxylation is 4. The van der Waals surface area contributed by atoms with Gasteiger partial charge in [-0.2, -0.15) is 9.71 Å². The van der Waals surface area contributed by atoms with Gasteiger partial charge in [0.25, 0.3) is 0 Å². The van der Waals surface area contributed by atoms with E-state index >= 15 is 0 Å². The maximum Gasteiger partial charge on any atom is 0.242 e.